The van der Waals surface area contributed by atoms with E-state index in [1.54, 1.807) is 24.0 Å². The first-order valence-corrected chi connectivity index (χ1v) is 9.26. The summed E-state index contributed by atoms with van der Waals surface area (Å²) in [5.74, 6) is 0. The van der Waals surface area contributed by atoms with Crippen LogP contribution in [0, 0.1) is 0 Å². The fourth-order valence-corrected chi connectivity index (χ4v) is 2.52. The molecule has 0 fully saturated rings. The van der Waals surface area contributed by atoms with Gasteiger partial charge in [0.1, 0.15) is 13.2 Å². The van der Waals surface area contributed by atoms with E-state index in [1.807, 2.05) is 51.1 Å². The van der Waals surface area contributed by atoms with Crippen molar-refractivity contribution in [1.29, 1.82) is 0 Å². The lowest BCUT2D eigenvalue weighted by atomic mass is 9.99. The van der Waals surface area contributed by atoms with Crippen LogP contribution in [0.2, 0.25) is 0 Å². The Labute approximate surface area is 168 Å². The summed E-state index contributed by atoms with van der Waals surface area (Å²) in [5, 5.41) is 2.78. The van der Waals surface area contributed by atoms with Crippen LogP contribution in [0.3, 0.4) is 0 Å². The van der Waals surface area contributed by atoms with Crippen molar-refractivity contribution in [3.8, 4) is 0 Å². The molecule has 0 saturated carbocycles. The molecule has 2 amide bonds. The topological polar surface area (TPSA) is 67.9 Å². The molecule has 0 radical (unpaired) electrons. The minimum atomic E-state index is -0.830. The Morgan fingerprint density at radius 1 is 1.07 bits per heavy atom. The molecular formula is C22H32N2O4. The largest absolute Gasteiger partial charge is 0.447 e. The van der Waals surface area contributed by atoms with Gasteiger partial charge in [-0.05, 0) is 39.7 Å². The molecule has 28 heavy (non-hydrogen) atoms. The van der Waals surface area contributed by atoms with Gasteiger partial charge in [-0.25, -0.2) is 9.59 Å². The predicted octanol–water partition coefficient (Wildman–Crippen LogP) is 4.67. The van der Waals surface area contributed by atoms with Crippen molar-refractivity contribution in [2.24, 2.45) is 0 Å². The van der Waals surface area contributed by atoms with Crippen LogP contribution in [0.4, 0.5) is 9.59 Å². The Bertz CT molecular complexity index is 667. The molecule has 0 aliphatic carbocycles. The molecule has 6 nitrogen and oxygen atoms in total. The van der Waals surface area contributed by atoms with E-state index in [4.69, 9.17) is 9.47 Å². The van der Waals surface area contributed by atoms with E-state index in [0.717, 1.165) is 5.56 Å². The number of amides is 2. The molecule has 0 aromatic heterocycles. The van der Waals surface area contributed by atoms with Gasteiger partial charge in [0.15, 0.2) is 0 Å². The van der Waals surface area contributed by atoms with Crippen molar-refractivity contribution in [2.45, 2.75) is 51.8 Å². The summed E-state index contributed by atoms with van der Waals surface area (Å²) in [6.45, 7) is 15.4. The molecule has 0 aliphatic rings. The number of hydrogen-bond donors (Lipinski definition) is 1. The molecule has 1 unspecified atom stereocenters. The molecule has 0 spiro atoms. The Balaban J connectivity index is 2.67. The molecule has 0 aliphatic heterocycles. The maximum absolute atomic E-state index is 12.5. The van der Waals surface area contributed by atoms with Gasteiger partial charge in [-0.15, -0.1) is 13.2 Å². The lowest BCUT2D eigenvalue weighted by Crippen LogP contribution is -2.52. The summed E-state index contributed by atoms with van der Waals surface area (Å²) in [6, 6.07) is 9.40. The molecule has 0 heterocycles. The van der Waals surface area contributed by atoms with Gasteiger partial charge in [0, 0.05) is 12.1 Å². The summed E-state index contributed by atoms with van der Waals surface area (Å²) in [7, 11) is 0. The van der Waals surface area contributed by atoms with Crippen molar-refractivity contribution < 1.29 is 19.1 Å². The molecule has 1 atom stereocenters. The summed E-state index contributed by atoms with van der Waals surface area (Å²) in [5.41, 5.74) is -0.356. The van der Waals surface area contributed by atoms with E-state index in [0.29, 0.717) is 13.0 Å². The number of benzene rings is 1. The second-order valence-corrected chi connectivity index (χ2v) is 7.86. The van der Waals surface area contributed by atoms with Crippen molar-refractivity contribution >= 4 is 12.2 Å². The van der Waals surface area contributed by atoms with Gasteiger partial charge in [-0.1, -0.05) is 42.5 Å². The normalized spacial score (nSPS) is 13.0. The molecule has 0 bridgehead atoms. The molecule has 1 rings (SSSR count). The highest BCUT2D eigenvalue weighted by molar-refractivity contribution is 5.70. The minimum absolute atomic E-state index is 0.0119. The van der Waals surface area contributed by atoms with Crippen LogP contribution >= 0.6 is 0 Å². The van der Waals surface area contributed by atoms with Crippen LogP contribution in [-0.4, -0.2) is 41.3 Å². The third-order valence-corrected chi connectivity index (χ3v) is 4.07. The maximum Gasteiger partial charge on any atom is 0.410 e. The molecule has 1 aromatic carbocycles. The van der Waals surface area contributed by atoms with Gasteiger partial charge >= 0.3 is 12.2 Å². The van der Waals surface area contributed by atoms with Gasteiger partial charge in [-0.3, -0.25) is 4.90 Å². The van der Waals surface area contributed by atoms with Gasteiger partial charge in [0.05, 0.1) is 5.54 Å². The fraction of sp³-hybridized carbons (Fsp3) is 0.455. The lowest BCUT2D eigenvalue weighted by Gasteiger charge is -2.35. The minimum Gasteiger partial charge on any atom is -0.447 e. The number of ether oxygens (including phenoxy) is 2. The van der Waals surface area contributed by atoms with Crippen molar-refractivity contribution in [1.82, 2.24) is 10.2 Å². The Hall–Kier alpha value is -2.76. The van der Waals surface area contributed by atoms with E-state index in [-0.39, 0.29) is 13.2 Å². The Kier molecular flexibility index (Phi) is 8.76. The van der Waals surface area contributed by atoms with E-state index < -0.39 is 23.3 Å². The number of carbonyl (C=O) groups excluding carboxylic acids is 2. The van der Waals surface area contributed by atoms with E-state index in [1.165, 1.54) is 0 Å². The predicted molar refractivity (Wildman–Crippen MR) is 111 cm³/mol. The third kappa shape index (κ3) is 7.86. The first kappa shape index (κ1) is 23.3. The Morgan fingerprint density at radius 2 is 1.71 bits per heavy atom. The van der Waals surface area contributed by atoms with Gasteiger partial charge in [0.25, 0.3) is 0 Å². The van der Waals surface area contributed by atoms with Crippen LogP contribution in [0.1, 0.15) is 39.7 Å². The average Bonchev–Trinajstić information content (AvgIpc) is 2.62. The van der Waals surface area contributed by atoms with Gasteiger partial charge < -0.3 is 14.8 Å². The van der Waals surface area contributed by atoms with Crippen molar-refractivity contribution in [3.05, 3.63) is 61.2 Å². The summed E-state index contributed by atoms with van der Waals surface area (Å²) in [6.07, 6.45) is 2.67. The smallest absolute Gasteiger partial charge is 0.410 e. The third-order valence-electron chi connectivity index (χ3n) is 4.07. The average molecular weight is 389 g/mol. The van der Waals surface area contributed by atoms with Gasteiger partial charge in [0.2, 0.25) is 0 Å². The molecule has 6 heteroatoms. The fourth-order valence-electron chi connectivity index (χ4n) is 2.52. The number of nitrogens with zero attached hydrogens (tertiary/aromatic N) is 1. The van der Waals surface area contributed by atoms with Gasteiger partial charge in [-0.2, -0.15) is 0 Å². The van der Waals surface area contributed by atoms with Crippen molar-refractivity contribution in [3.63, 3.8) is 0 Å². The SMILES string of the molecule is C=CCN(C(=O)OCC(C)(CC=C)NC(=O)OCc1ccccc1)C(C)(C)C. The van der Waals surface area contributed by atoms with Crippen LogP contribution in [-0.2, 0) is 16.1 Å². The lowest BCUT2D eigenvalue weighted by molar-refractivity contribution is 0.0503. The first-order valence-electron chi connectivity index (χ1n) is 9.26. The standard InChI is InChI=1S/C22H32N2O4/c1-7-14-22(6,17-28-20(26)24(15-8-2)21(3,4)5)23-19(25)27-16-18-12-10-9-11-13-18/h7-13H,1-2,14-17H2,3-6H3,(H,23,25). The molecule has 1 aromatic rings. The molecule has 1 N–H and O–H groups in total. The zero-order chi connectivity index (χ0) is 21.2. The number of nitrogens with one attached hydrogen (secondary N) is 1. The summed E-state index contributed by atoms with van der Waals surface area (Å²) in [4.78, 5) is 26.3. The monoisotopic (exact) mass is 388 g/mol. The van der Waals surface area contributed by atoms with Crippen LogP contribution < -0.4 is 5.32 Å². The number of hydrogen-bond acceptors (Lipinski definition) is 4. The van der Waals surface area contributed by atoms with Crippen molar-refractivity contribution in [2.75, 3.05) is 13.2 Å². The quantitative estimate of drug-likeness (QED) is 0.624. The maximum atomic E-state index is 12.5. The number of rotatable bonds is 9. The van der Waals surface area contributed by atoms with Crippen LogP contribution in [0.15, 0.2) is 55.6 Å². The van der Waals surface area contributed by atoms with E-state index in [9.17, 15) is 9.59 Å². The zero-order valence-electron chi connectivity index (χ0n) is 17.4. The first-order chi connectivity index (χ1) is 13.1. The zero-order valence-corrected chi connectivity index (χ0v) is 17.4. The molecular weight excluding hydrogens is 356 g/mol. The molecule has 0 saturated heterocycles. The second-order valence-electron chi connectivity index (χ2n) is 7.86. The van der Waals surface area contributed by atoms with Crippen LogP contribution in [0.5, 0.6) is 0 Å². The van der Waals surface area contributed by atoms with E-state index in [2.05, 4.69) is 18.5 Å². The highest BCUT2D eigenvalue weighted by atomic mass is 16.6. The molecule has 154 valence electrons. The highest BCUT2D eigenvalue weighted by Gasteiger charge is 2.31. The highest BCUT2D eigenvalue weighted by Crippen LogP contribution is 2.17. The number of alkyl carbamates (subject to hydrolysis) is 1. The summed E-state index contributed by atoms with van der Waals surface area (Å²) < 4.78 is 10.8. The number of carbonyl (C=O) groups is 2. The van der Waals surface area contributed by atoms with Crippen LogP contribution in [0.25, 0.3) is 0 Å². The Morgan fingerprint density at radius 3 is 2.25 bits per heavy atom. The summed E-state index contributed by atoms with van der Waals surface area (Å²) >= 11 is 0. The second kappa shape index (κ2) is 10.5. The van der Waals surface area contributed by atoms with E-state index >= 15 is 0 Å².